The van der Waals surface area contributed by atoms with E-state index in [1.807, 2.05) is 32.2 Å². The smallest absolute Gasteiger partial charge is 0.225 e. The first-order valence-electron chi connectivity index (χ1n) is 10.6. The van der Waals surface area contributed by atoms with Crippen LogP contribution in [-0.4, -0.2) is 58.8 Å². The van der Waals surface area contributed by atoms with Crippen LogP contribution in [0.4, 0.5) is 17.6 Å². The van der Waals surface area contributed by atoms with Gasteiger partial charge in [0.25, 0.3) is 0 Å². The van der Waals surface area contributed by atoms with Gasteiger partial charge in [0.2, 0.25) is 5.95 Å². The van der Waals surface area contributed by atoms with Crippen LogP contribution in [0.1, 0.15) is 18.5 Å². The van der Waals surface area contributed by atoms with Crippen molar-refractivity contribution in [3.63, 3.8) is 0 Å². The lowest BCUT2D eigenvalue weighted by atomic mass is 10.0. The summed E-state index contributed by atoms with van der Waals surface area (Å²) in [6.07, 6.45) is 10.9. The van der Waals surface area contributed by atoms with Crippen LogP contribution >= 0.6 is 0 Å². The minimum Gasteiger partial charge on any atom is -0.486 e. The fourth-order valence-electron chi connectivity index (χ4n) is 4.03. The van der Waals surface area contributed by atoms with Gasteiger partial charge in [-0.05, 0) is 25.3 Å². The van der Waals surface area contributed by atoms with Gasteiger partial charge < -0.3 is 19.9 Å². The number of aryl methyl sites for hydroxylation is 1. The van der Waals surface area contributed by atoms with Crippen molar-refractivity contribution in [2.45, 2.75) is 31.8 Å². The molecule has 162 valence electrons. The molecular weight excluding hydrogens is 390 g/mol. The maximum atomic E-state index is 5.92. The second kappa shape index (κ2) is 9.16. The van der Waals surface area contributed by atoms with Gasteiger partial charge in [0.05, 0.1) is 12.2 Å². The highest BCUT2D eigenvalue weighted by Crippen LogP contribution is 2.33. The number of ether oxygens (including phenoxy) is 1. The minimum absolute atomic E-state index is 0.0327. The standard InChI is InChI=1S/C23H29N7O/c1-5-7-17(6-2)19-14-31-20-13-24-23(28-22(20)29(19)4)27-18-8-10-30(11-9-18)21-12-16(3)25-15-26-21/h5-7,12-13,15,18-19H,1-2,8-11,14H2,3-4H3,(H,24,27,28)/b17-7+. The lowest BCUT2D eigenvalue weighted by Crippen LogP contribution is -2.42. The molecule has 2 aliphatic heterocycles. The molecule has 0 bridgehead atoms. The van der Waals surface area contributed by atoms with Crippen molar-refractivity contribution in [3.8, 4) is 5.75 Å². The molecule has 0 radical (unpaired) electrons. The Hall–Kier alpha value is -3.42. The van der Waals surface area contributed by atoms with E-state index in [9.17, 15) is 0 Å². The molecule has 2 aliphatic rings. The molecule has 1 N–H and O–H groups in total. The van der Waals surface area contributed by atoms with Crippen LogP contribution in [0.15, 0.2) is 55.5 Å². The normalized spacial score (nSPS) is 19.4. The highest BCUT2D eigenvalue weighted by atomic mass is 16.5. The van der Waals surface area contributed by atoms with Crippen LogP contribution in [-0.2, 0) is 0 Å². The fraction of sp³-hybridized carbons (Fsp3) is 0.391. The number of anilines is 3. The summed E-state index contributed by atoms with van der Waals surface area (Å²) in [6.45, 7) is 12.1. The van der Waals surface area contributed by atoms with E-state index in [0.29, 0.717) is 24.3 Å². The Morgan fingerprint density at radius 1 is 1.23 bits per heavy atom. The molecule has 8 nitrogen and oxygen atoms in total. The first-order chi connectivity index (χ1) is 15.1. The second-order valence-electron chi connectivity index (χ2n) is 7.85. The van der Waals surface area contributed by atoms with E-state index >= 15 is 0 Å². The van der Waals surface area contributed by atoms with E-state index in [-0.39, 0.29) is 6.04 Å². The first-order valence-corrected chi connectivity index (χ1v) is 10.6. The molecule has 2 aromatic rings. The summed E-state index contributed by atoms with van der Waals surface area (Å²) < 4.78 is 5.92. The van der Waals surface area contributed by atoms with Gasteiger partial charge in [-0.3, -0.25) is 0 Å². The lowest BCUT2D eigenvalue weighted by molar-refractivity contribution is 0.279. The van der Waals surface area contributed by atoms with Crippen molar-refractivity contribution in [2.24, 2.45) is 0 Å². The monoisotopic (exact) mass is 419 g/mol. The summed E-state index contributed by atoms with van der Waals surface area (Å²) in [6, 6.07) is 2.38. The van der Waals surface area contributed by atoms with Gasteiger partial charge in [0.1, 0.15) is 18.8 Å². The van der Waals surface area contributed by atoms with Gasteiger partial charge in [-0.25, -0.2) is 15.0 Å². The molecule has 1 unspecified atom stereocenters. The Balaban J connectivity index is 1.42. The second-order valence-corrected chi connectivity index (χ2v) is 7.85. The van der Waals surface area contributed by atoms with Crippen LogP contribution in [0.25, 0.3) is 0 Å². The highest BCUT2D eigenvalue weighted by molar-refractivity contribution is 5.58. The van der Waals surface area contributed by atoms with Crippen LogP contribution in [0.2, 0.25) is 0 Å². The number of likely N-dealkylation sites (N-methyl/N-ethyl adjacent to an activating group) is 1. The Bertz CT molecular complexity index is 982. The summed E-state index contributed by atoms with van der Waals surface area (Å²) in [4.78, 5) is 22.2. The zero-order chi connectivity index (χ0) is 21.8. The summed E-state index contributed by atoms with van der Waals surface area (Å²) in [7, 11) is 2.02. The lowest BCUT2D eigenvalue weighted by Gasteiger charge is -2.36. The number of hydrogen-bond donors (Lipinski definition) is 1. The molecule has 0 amide bonds. The summed E-state index contributed by atoms with van der Waals surface area (Å²) in [5.41, 5.74) is 2.03. The highest BCUT2D eigenvalue weighted by Gasteiger charge is 2.29. The van der Waals surface area contributed by atoms with Crippen molar-refractivity contribution in [1.29, 1.82) is 0 Å². The Morgan fingerprint density at radius 2 is 2.03 bits per heavy atom. The molecule has 2 aromatic heterocycles. The molecule has 8 heteroatoms. The Morgan fingerprint density at radius 3 is 2.74 bits per heavy atom. The van der Waals surface area contributed by atoms with E-state index < -0.39 is 0 Å². The van der Waals surface area contributed by atoms with Crippen LogP contribution < -0.4 is 19.9 Å². The van der Waals surface area contributed by atoms with Crippen molar-refractivity contribution < 1.29 is 4.74 Å². The minimum atomic E-state index is 0.0327. The number of fused-ring (bicyclic) bond motifs is 1. The molecule has 1 saturated heterocycles. The molecule has 0 aromatic carbocycles. The third kappa shape index (κ3) is 4.52. The van der Waals surface area contributed by atoms with Gasteiger partial charge in [-0.1, -0.05) is 31.4 Å². The van der Waals surface area contributed by atoms with Crippen molar-refractivity contribution in [1.82, 2.24) is 19.9 Å². The predicted molar refractivity (Wildman–Crippen MR) is 124 cm³/mol. The SMILES string of the molecule is C=C/C=C(\C=C)C1COc2cnc(NC3CCN(c4cc(C)ncn4)CC3)nc2N1C. The van der Waals surface area contributed by atoms with Gasteiger partial charge in [-0.15, -0.1) is 0 Å². The van der Waals surface area contributed by atoms with Crippen LogP contribution in [0.3, 0.4) is 0 Å². The summed E-state index contributed by atoms with van der Waals surface area (Å²) >= 11 is 0. The largest absolute Gasteiger partial charge is 0.486 e. The third-order valence-electron chi connectivity index (χ3n) is 5.81. The van der Waals surface area contributed by atoms with Crippen LogP contribution in [0, 0.1) is 6.92 Å². The first kappa shape index (κ1) is 20.8. The molecule has 0 aliphatic carbocycles. The van der Waals surface area contributed by atoms with E-state index in [0.717, 1.165) is 48.8 Å². The quantitative estimate of drug-likeness (QED) is 0.716. The number of rotatable bonds is 6. The fourth-order valence-corrected chi connectivity index (χ4v) is 4.03. The maximum absolute atomic E-state index is 5.92. The van der Waals surface area contributed by atoms with Crippen molar-refractivity contribution >= 4 is 17.6 Å². The summed E-state index contributed by atoms with van der Waals surface area (Å²) in [5.74, 6) is 3.09. The molecular formula is C23H29N7O. The molecule has 1 fully saturated rings. The maximum Gasteiger partial charge on any atom is 0.225 e. The van der Waals surface area contributed by atoms with E-state index in [1.54, 1.807) is 18.6 Å². The zero-order valence-electron chi connectivity index (χ0n) is 18.2. The van der Waals surface area contributed by atoms with Gasteiger partial charge >= 0.3 is 0 Å². The number of nitrogens with one attached hydrogen (secondary N) is 1. The Labute approximate surface area is 183 Å². The van der Waals surface area contributed by atoms with Crippen LogP contribution in [0.5, 0.6) is 5.75 Å². The average molecular weight is 420 g/mol. The zero-order valence-corrected chi connectivity index (χ0v) is 18.2. The van der Waals surface area contributed by atoms with Gasteiger partial charge in [-0.2, -0.15) is 4.98 Å². The van der Waals surface area contributed by atoms with Crippen molar-refractivity contribution in [2.75, 3.05) is 41.9 Å². The molecule has 1 atom stereocenters. The summed E-state index contributed by atoms with van der Waals surface area (Å²) in [5, 5.41) is 3.50. The Kier molecular flexibility index (Phi) is 6.16. The molecule has 31 heavy (non-hydrogen) atoms. The number of aromatic nitrogens is 4. The van der Waals surface area contributed by atoms with E-state index in [1.165, 1.54) is 0 Å². The number of piperidine rings is 1. The molecule has 0 spiro atoms. The number of hydrogen-bond acceptors (Lipinski definition) is 8. The number of nitrogens with zero attached hydrogens (tertiary/aromatic N) is 6. The van der Waals surface area contributed by atoms with Gasteiger partial charge in [0.15, 0.2) is 11.6 Å². The average Bonchev–Trinajstić information content (AvgIpc) is 2.79. The molecule has 0 saturated carbocycles. The molecule has 4 heterocycles. The number of allylic oxidation sites excluding steroid dienone is 2. The van der Waals surface area contributed by atoms with E-state index in [4.69, 9.17) is 9.72 Å². The van der Waals surface area contributed by atoms with Crippen molar-refractivity contribution in [3.05, 3.63) is 61.2 Å². The molecule has 4 rings (SSSR count). The third-order valence-corrected chi connectivity index (χ3v) is 5.81. The van der Waals surface area contributed by atoms with Gasteiger partial charge in [0, 0.05) is 37.9 Å². The van der Waals surface area contributed by atoms with E-state index in [2.05, 4.69) is 43.2 Å². The topological polar surface area (TPSA) is 79.3 Å². The predicted octanol–water partition coefficient (Wildman–Crippen LogP) is 3.15.